The van der Waals surface area contributed by atoms with Crippen molar-refractivity contribution in [2.24, 2.45) is 0 Å². The number of anilines is 1. The highest BCUT2D eigenvalue weighted by Gasteiger charge is 2.24. The van der Waals surface area contributed by atoms with E-state index < -0.39 is 0 Å². The summed E-state index contributed by atoms with van der Waals surface area (Å²) in [4.78, 5) is 12.3. The number of hydrogen-bond donors (Lipinski definition) is 1. The van der Waals surface area contributed by atoms with Crippen LogP contribution in [0, 0.1) is 6.92 Å². The zero-order chi connectivity index (χ0) is 17.4. The molecular formula is C20H16ClN3O. The highest BCUT2D eigenvalue weighted by molar-refractivity contribution is 6.36. The van der Waals surface area contributed by atoms with Gasteiger partial charge in [0.1, 0.15) is 5.15 Å². The van der Waals surface area contributed by atoms with Crippen molar-refractivity contribution in [1.29, 1.82) is 0 Å². The van der Waals surface area contributed by atoms with E-state index in [1.165, 1.54) is 0 Å². The van der Waals surface area contributed by atoms with Crippen LogP contribution in [0.4, 0.5) is 5.69 Å². The van der Waals surface area contributed by atoms with Gasteiger partial charge < -0.3 is 5.32 Å². The van der Waals surface area contributed by atoms with Crippen molar-refractivity contribution < 1.29 is 4.79 Å². The van der Waals surface area contributed by atoms with E-state index >= 15 is 0 Å². The third-order valence-electron chi connectivity index (χ3n) is 4.28. The number of amides is 1. The Hall–Kier alpha value is -2.85. The topological polar surface area (TPSA) is 46.9 Å². The molecular weight excluding hydrogens is 334 g/mol. The number of aryl methyl sites for hydroxylation is 1. The number of carbonyl (C=O) groups is 1. The van der Waals surface area contributed by atoms with Crippen molar-refractivity contribution in [3.05, 3.63) is 82.1 Å². The summed E-state index contributed by atoms with van der Waals surface area (Å²) in [5, 5.41) is 7.95. The van der Waals surface area contributed by atoms with Gasteiger partial charge in [0.15, 0.2) is 0 Å². The third kappa shape index (κ3) is 2.85. The number of carbonyl (C=O) groups excluding carboxylic acids is 1. The zero-order valence-corrected chi connectivity index (χ0v) is 14.4. The molecule has 1 aliphatic rings. The van der Waals surface area contributed by atoms with Crippen molar-refractivity contribution in [1.82, 2.24) is 9.78 Å². The highest BCUT2D eigenvalue weighted by Crippen LogP contribution is 2.34. The maximum absolute atomic E-state index is 12.3. The van der Waals surface area contributed by atoms with Crippen LogP contribution in [0.3, 0.4) is 0 Å². The van der Waals surface area contributed by atoms with E-state index in [4.69, 9.17) is 11.6 Å². The Morgan fingerprint density at radius 1 is 1.12 bits per heavy atom. The standard InChI is InChI=1S/C20H16ClN3O/c1-13-16(11-17-15-9-5-6-10-18(15)22-20(17)25)19(21)24(23-13)12-14-7-3-2-4-8-14/h2-11H,12H2,1H3,(H,22,25)/b17-11-. The summed E-state index contributed by atoms with van der Waals surface area (Å²) in [6, 6.07) is 17.7. The number of benzene rings is 2. The van der Waals surface area contributed by atoms with Crippen LogP contribution in [0.25, 0.3) is 11.6 Å². The lowest BCUT2D eigenvalue weighted by atomic mass is 10.0. The van der Waals surface area contributed by atoms with Crippen LogP contribution in [0.5, 0.6) is 0 Å². The Kier molecular flexibility index (Phi) is 3.90. The van der Waals surface area contributed by atoms with E-state index in [2.05, 4.69) is 10.4 Å². The maximum Gasteiger partial charge on any atom is 0.256 e. The largest absolute Gasteiger partial charge is 0.321 e. The van der Waals surface area contributed by atoms with E-state index in [0.717, 1.165) is 28.1 Å². The molecule has 0 saturated carbocycles. The minimum absolute atomic E-state index is 0.118. The van der Waals surface area contributed by atoms with Gasteiger partial charge in [-0.25, -0.2) is 4.68 Å². The molecule has 1 amide bonds. The van der Waals surface area contributed by atoms with E-state index in [9.17, 15) is 4.79 Å². The number of rotatable bonds is 3. The smallest absolute Gasteiger partial charge is 0.256 e. The fourth-order valence-electron chi connectivity index (χ4n) is 3.02. The molecule has 124 valence electrons. The average molecular weight is 350 g/mol. The Labute approximate surface area is 150 Å². The number of para-hydroxylation sites is 1. The first-order valence-corrected chi connectivity index (χ1v) is 8.40. The van der Waals surface area contributed by atoms with Crippen LogP contribution in [0.2, 0.25) is 5.15 Å². The van der Waals surface area contributed by atoms with Gasteiger partial charge in [0, 0.05) is 22.4 Å². The number of nitrogens with zero attached hydrogens (tertiary/aromatic N) is 2. The molecule has 4 rings (SSSR count). The number of fused-ring (bicyclic) bond motifs is 1. The van der Waals surface area contributed by atoms with Gasteiger partial charge in [-0.3, -0.25) is 4.79 Å². The molecule has 3 aromatic rings. The number of nitrogens with one attached hydrogen (secondary N) is 1. The molecule has 1 aliphatic heterocycles. The Balaban J connectivity index is 1.74. The van der Waals surface area contributed by atoms with Gasteiger partial charge in [0.25, 0.3) is 5.91 Å². The second kappa shape index (κ2) is 6.22. The summed E-state index contributed by atoms with van der Waals surface area (Å²) < 4.78 is 1.76. The second-order valence-corrected chi connectivity index (χ2v) is 6.35. The lowest BCUT2D eigenvalue weighted by molar-refractivity contribution is -0.110. The Morgan fingerprint density at radius 3 is 2.64 bits per heavy atom. The van der Waals surface area contributed by atoms with Crippen molar-refractivity contribution in [2.45, 2.75) is 13.5 Å². The maximum atomic E-state index is 12.3. The molecule has 5 heteroatoms. The fraction of sp³-hybridized carbons (Fsp3) is 0.100. The predicted octanol–water partition coefficient (Wildman–Crippen LogP) is 4.39. The Bertz CT molecular complexity index is 989. The first-order valence-electron chi connectivity index (χ1n) is 8.03. The molecule has 0 bridgehead atoms. The molecule has 25 heavy (non-hydrogen) atoms. The molecule has 0 fully saturated rings. The highest BCUT2D eigenvalue weighted by atomic mass is 35.5. The SMILES string of the molecule is Cc1nn(Cc2ccccc2)c(Cl)c1/C=C1\C(=O)Nc2ccccc21. The van der Waals surface area contributed by atoms with Gasteiger partial charge >= 0.3 is 0 Å². The van der Waals surface area contributed by atoms with E-state index in [-0.39, 0.29) is 5.91 Å². The quantitative estimate of drug-likeness (QED) is 0.713. The van der Waals surface area contributed by atoms with Crippen LogP contribution in [-0.2, 0) is 11.3 Å². The van der Waals surface area contributed by atoms with E-state index in [0.29, 0.717) is 17.3 Å². The molecule has 1 aromatic heterocycles. The number of hydrogen-bond acceptors (Lipinski definition) is 2. The molecule has 2 aromatic carbocycles. The predicted molar refractivity (Wildman–Crippen MR) is 100 cm³/mol. The molecule has 0 atom stereocenters. The summed E-state index contributed by atoms with van der Waals surface area (Å²) >= 11 is 6.56. The van der Waals surface area contributed by atoms with Crippen molar-refractivity contribution in [2.75, 3.05) is 5.32 Å². The third-order valence-corrected chi connectivity index (χ3v) is 4.68. The number of halogens is 1. The first kappa shape index (κ1) is 15.7. The van der Waals surface area contributed by atoms with Crippen LogP contribution in [-0.4, -0.2) is 15.7 Å². The van der Waals surface area contributed by atoms with Gasteiger partial charge in [-0.1, -0.05) is 60.1 Å². The molecule has 0 spiro atoms. The average Bonchev–Trinajstić information content (AvgIpc) is 3.07. The summed E-state index contributed by atoms with van der Waals surface area (Å²) in [6.07, 6.45) is 1.83. The van der Waals surface area contributed by atoms with E-state index in [1.807, 2.05) is 67.6 Å². The number of aromatic nitrogens is 2. The van der Waals surface area contributed by atoms with Gasteiger partial charge in [-0.15, -0.1) is 0 Å². The van der Waals surface area contributed by atoms with Crippen molar-refractivity contribution in [3.8, 4) is 0 Å². The fourth-order valence-corrected chi connectivity index (χ4v) is 3.31. The normalized spacial score (nSPS) is 14.6. The first-order chi connectivity index (χ1) is 12.1. The summed E-state index contributed by atoms with van der Waals surface area (Å²) in [7, 11) is 0. The zero-order valence-electron chi connectivity index (χ0n) is 13.7. The van der Waals surface area contributed by atoms with Gasteiger partial charge in [0.05, 0.1) is 12.2 Å². The molecule has 0 unspecified atom stereocenters. The molecule has 0 radical (unpaired) electrons. The second-order valence-electron chi connectivity index (χ2n) is 5.99. The van der Waals surface area contributed by atoms with Crippen molar-refractivity contribution >= 4 is 34.8 Å². The Morgan fingerprint density at radius 2 is 1.84 bits per heavy atom. The van der Waals surface area contributed by atoms with E-state index in [1.54, 1.807) is 4.68 Å². The lowest BCUT2D eigenvalue weighted by Gasteiger charge is -2.03. The van der Waals surface area contributed by atoms with Gasteiger partial charge in [-0.2, -0.15) is 5.10 Å². The van der Waals surface area contributed by atoms with Gasteiger partial charge in [0.2, 0.25) is 0 Å². The summed E-state index contributed by atoms with van der Waals surface area (Å²) in [6.45, 7) is 2.49. The lowest BCUT2D eigenvalue weighted by Crippen LogP contribution is -2.03. The minimum Gasteiger partial charge on any atom is -0.321 e. The van der Waals surface area contributed by atoms with Crippen molar-refractivity contribution in [3.63, 3.8) is 0 Å². The van der Waals surface area contributed by atoms with Gasteiger partial charge in [-0.05, 0) is 24.6 Å². The summed E-state index contributed by atoms with van der Waals surface area (Å²) in [5.41, 5.74) is 5.02. The molecule has 2 heterocycles. The molecule has 0 saturated heterocycles. The molecule has 4 nitrogen and oxygen atoms in total. The van der Waals surface area contributed by atoms with Crippen LogP contribution < -0.4 is 5.32 Å². The minimum atomic E-state index is -0.118. The molecule has 0 aliphatic carbocycles. The molecule has 1 N–H and O–H groups in total. The monoisotopic (exact) mass is 349 g/mol. The van der Waals surface area contributed by atoms with Crippen LogP contribution in [0.1, 0.15) is 22.4 Å². The van der Waals surface area contributed by atoms with Crippen LogP contribution >= 0.6 is 11.6 Å². The summed E-state index contributed by atoms with van der Waals surface area (Å²) in [5.74, 6) is -0.118. The van der Waals surface area contributed by atoms with Crippen LogP contribution in [0.15, 0.2) is 54.6 Å².